The zero-order valence-electron chi connectivity index (χ0n) is 9.33. The van der Waals surface area contributed by atoms with Crippen molar-refractivity contribution < 1.29 is 13.9 Å². The quantitative estimate of drug-likeness (QED) is 0.847. The molecule has 0 saturated carbocycles. The third-order valence-electron chi connectivity index (χ3n) is 2.70. The number of fused-ring (bicyclic) bond motifs is 1. The predicted molar refractivity (Wildman–Crippen MR) is 64.7 cm³/mol. The van der Waals surface area contributed by atoms with Gasteiger partial charge in [0.25, 0.3) is 5.92 Å². The molecule has 0 fully saturated rings. The lowest BCUT2D eigenvalue weighted by Crippen LogP contribution is -2.38. The van der Waals surface area contributed by atoms with Gasteiger partial charge < -0.3 is 10.4 Å². The van der Waals surface area contributed by atoms with Gasteiger partial charge >= 0.3 is 0 Å². The van der Waals surface area contributed by atoms with E-state index in [2.05, 4.69) is 17.4 Å². The summed E-state index contributed by atoms with van der Waals surface area (Å²) in [6.07, 6.45) is 0.915. The van der Waals surface area contributed by atoms with E-state index in [-0.39, 0.29) is 0 Å². The number of aliphatic hydroxyl groups is 1. The Kier molecular flexibility index (Phi) is 4.01. The van der Waals surface area contributed by atoms with Gasteiger partial charge in [-0.05, 0) is 18.1 Å². The van der Waals surface area contributed by atoms with Crippen LogP contribution in [0.2, 0.25) is 0 Å². The van der Waals surface area contributed by atoms with Gasteiger partial charge in [-0.15, -0.1) is 11.8 Å². The summed E-state index contributed by atoms with van der Waals surface area (Å²) in [5.41, 5.74) is 1.29. The molecule has 0 aliphatic carbocycles. The molecule has 1 aliphatic heterocycles. The Hall–Kier alpha value is -0.650. The van der Waals surface area contributed by atoms with Crippen LogP contribution in [-0.4, -0.2) is 36.0 Å². The van der Waals surface area contributed by atoms with Crippen LogP contribution in [0, 0.1) is 0 Å². The number of alkyl halides is 2. The van der Waals surface area contributed by atoms with Gasteiger partial charge in [-0.1, -0.05) is 18.2 Å². The fourth-order valence-corrected chi connectivity index (χ4v) is 3.12. The van der Waals surface area contributed by atoms with Crippen LogP contribution >= 0.6 is 11.8 Å². The minimum atomic E-state index is -3.02. The van der Waals surface area contributed by atoms with E-state index in [1.54, 1.807) is 11.8 Å². The van der Waals surface area contributed by atoms with Crippen LogP contribution in [-0.2, 0) is 6.42 Å². The van der Waals surface area contributed by atoms with Gasteiger partial charge in [-0.2, -0.15) is 0 Å². The molecule has 17 heavy (non-hydrogen) atoms. The number of hydrogen-bond donors (Lipinski definition) is 2. The van der Waals surface area contributed by atoms with Gasteiger partial charge in [0.1, 0.15) is 6.61 Å². The molecular weight excluding hydrogens is 244 g/mol. The second-order valence-corrected chi connectivity index (χ2v) is 5.54. The Labute approximate surface area is 103 Å². The van der Waals surface area contributed by atoms with E-state index in [0.29, 0.717) is 11.8 Å². The summed E-state index contributed by atoms with van der Waals surface area (Å²) < 4.78 is 25.5. The number of thioether (sulfide) groups is 1. The number of benzene rings is 1. The molecule has 0 aromatic heterocycles. The Morgan fingerprint density at radius 1 is 1.41 bits per heavy atom. The largest absolute Gasteiger partial charge is 0.390 e. The second-order valence-electron chi connectivity index (χ2n) is 4.20. The molecular formula is C12H15F2NOS. The molecule has 1 aliphatic rings. The molecule has 2 rings (SSSR count). The van der Waals surface area contributed by atoms with E-state index in [9.17, 15) is 8.78 Å². The zero-order chi connectivity index (χ0) is 12.3. The number of hydrogen-bond acceptors (Lipinski definition) is 3. The fourth-order valence-electron chi connectivity index (χ4n) is 1.84. The molecule has 1 atom stereocenters. The first-order valence-electron chi connectivity index (χ1n) is 5.55. The summed E-state index contributed by atoms with van der Waals surface area (Å²) >= 11 is 1.72. The van der Waals surface area contributed by atoms with Crippen molar-refractivity contribution in [1.29, 1.82) is 0 Å². The minimum Gasteiger partial charge on any atom is -0.390 e. The lowest BCUT2D eigenvalue weighted by Gasteiger charge is -2.15. The third kappa shape index (κ3) is 3.40. The molecule has 5 heteroatoms. The van der Waals surface area contributed by atoms with Crippen LogP contribution in [0.3, 0.4) is 0 Å². The first kappa shape index (κ1) is 12.8. The first-order valence-corrected chi connectivity index (χ1v) is 6.43. The van der Waals surface area contributed by atoms with Crippen molar-refractivity contribution in [2.45, 2.75) is 22.5 Å². The molecule has 0 saturated heterocycles. The molecule has 1 unspecified atom stereocenters. The lowest BCUT2D eigenvalue weighted by molar-refractivity contribution is -0.0473. The first-order chi connectivity index (χ1) is 8.11. The highest BCUT2D eigenvalue weighted by atomic mass is 32.2. The summed E-state index contributed by atoms with van der Waals surface area (Å²) in [6.45, 7) is -1.02. The molecule has 2 nitrogen and oxygen atoms in total. The topological polar surface area (TPSA) is 32.3 Å². The van der Waals surface area contributed by atoms with Gasteiger partial charge in [0, 0.05) is 16.7 Å². The third-order valence-corrected chi connectivity index (χ3v) is 4.02. The molecule has 0 amide bonds. The van der Waals surface area contributed by atoms with Crippen LogP contribution in [0.1, 0.15) is 5.56 Å². The van der Waals surface area contributed by atoms with Gasteiger partial charge in [0.2, 0.25) is 0 Å². The van der Waals surface area contributed by atoms with Crippen molar-refractivity contribution in [3.63, 3.8) is 0 Å². The summed E-state index contributed by atoms with van der Waals surface area (Å²) in [5.74, 6) is -3.02. The number of nitrogens with one attached hydrogen (secondary N) is 1. The predicted octanol–water partition coefficient (Wildman–Crippen LogP) is 1.92. The van der Waals surface area contributed by atoms with Crippen LogP contribution in [0.4, 0.5) is 8.78 Å². The molecule has 0 radical (unpaired) electrons. The van der Waals surface area contributed by atoms with Crippen molar-refractivity contribution in [3.05, 3.63) is 29.8 Å². The van der Waals surface area contributed by atoms with Crippen LogP contribution < -0.4 is 5.32 Å². The molecule has 1 heterocycles. The Morgan fingerprint density at radius 3 is 2.88 bits per heavy atom. The van der Waals surface area contributed by atoms with E-state index in [4.69, 9.17) is 5.11 Å². The second kappa shape index (κ2) is 5.33. The van der Waals surface area contributed by atoms with Crippen molar-refractivity contribution in [3.8, 4) is 0 Å². The maximum Gasteiger partial charge on any atom is 0.282 e. The standard InChI is InChI=1S/C12H15F2NOS/c13-12(14,8-16)7-15-6-10-5-9-3-1-2-4-11(9)17-10/h1-4,10,15-16H,5-8H2. The van der Waals surface area contributed by atoms with Crippen molar-refractivity contribution >= 4 is 11.8 Å². The van der Waals surface area contributed by atoms with Crippen LogP contribution in [0.25, 0.3) is 0 Å². The van der Waals surface area contributed by atoms with E-state index in [0.717, 1.165) is 6.42 Å². The van der Waals surface area contributed by atoms with Crippen LogP contribution in [0.5, 0.6) is 0 Å². The normalized spacial score (nSPS) is 19.4. The molecule has 94 valence electrons. The lowest BCUT2D eigenvalue weighted by atomic mass is 10.1. The SMILES string of the molecule is OCC(F)(F)CNCC1Cc2ccccc2S1. The number of halogens is 2. The molecule has 0 bridgehead atoms. The highest BCUT2D eigenvalue weighted by Crippen LogP contribution is 2.36. The average Bonchev–Trinajstić information content (AvgIpc) is 2.71. The van der Waals surface area contributed by atoms with E-state index in [1.165, 1.54) is 10.5 Å². The maximum atomic E-state index is 12.8. The number of aliphatic hydroxyl groups excluding tert-OH is 1. The van der Waals surface area contributed by atoms with E-state index < -0.39 is 19.1 Å². The highest BCUT2D eigenvalue weighted by molar-refractivity contribution is 8.00. The van der Waals surface area contributed by atoms with Gasteiger partial charge in [-0.3, -0.25) is 0 Å². The average molecular weight is 259 g/mol. The Morgan fingerprint density at radius 2 is 2.18 bits per heavy atom. The minimum absolute atomic E-state index is 0.307. The summed E-state index contributed by atoms with van der Waals surface area (Å²) in [6, 6.07) is 8.11. The van der Waals surface area contributed by atoms with Crippen LogP contribution in [0.15, 0.2) is 29.2 Å². The smallest absolute Gasteiger partial charge is 0.282 e. The van der Waals surface area contributed by atoms with Crippen molar-refractivity contribution in [1.82, 2.24) is 5.32 Å². The van der Waals surface area contributed by atoms with Crippen molar-refractivity contribution in [2.24, 2.45) is 0 Å². The summed E-state index contributed by atoms with van der Waals surface area (Å²) in [5, 5.41) is 11.5. The molecule has 0 spiro atoms. The Balaban J connectivity index is 1.77. The molecule has 1 aromatic carbocycles. The number of rotatable bonds is 5. The summed E-state index contributed by atoms with van der Waals surface area (Å²) in [7, 11) is 0. The van der Waals surface area contributed by atoms with E-state index >= 15 is 0 Å². The Bertz CT molecular complexity index is 362. The molecule has 2 N–H and O–H groups in total. The fraction of sp³-hybridized carbons (Fsp3) is 0.500. The molecule has 1 aromatic rings. The van der Waals surface area contributed by atoms with Gasteiger partial charge in [-0.25, -0.2) is 8.78 Å². The van der Waals surface area contributed by atoms with Crippen molar-refractivity contribution in [2.75, 3.05) is 19.7 Å². The summed E-state index contributed by atoms with van der Waals surface area (Å²) in [4.78, 5) is 1.24. The highest BCUT2D eigenvalue weighted by Gasteiger charge is 2.28. The zero-order valence-corrected chi connectivity index (χ0v) is 10.1. The monoisotopic (exact) mass is 259 g/mol. The van der Waals surface area contributed by atoms with Gasteiger partial charge in [0.05, 0.1) is 6.54 Å². The van der Waals surface area contributed by atoms with E-state index in [1.807, 2.05) is 12.1 Å². The van der Waals surface area contributed by atoms with Gasteiger partial charge in [0.15, 0.2) is 0 Å². The maximum absolute atomic E-state index is 12.8.